The number of nitrogens with zero attached hydrogens (tertiary/aromatic N) is 1. The third-order valence-electron chi connectivity index (χ3n) is 3.07. The van der Waals surface area contributed by atoms with Gasteiger partial charge in [-0.25, -0.2) is 4.98 Å². The Kier molecular flexibility index (Phi) is 4.70. The fourth-order valence-electron chi connectivity index (χ4n) is 1.82. The number of carboxylic acids is 1. The Morgan fingerprint density at radius 1 is 1.38 bits per heavy atom. The molecule has 21 heavy (non-hydrogen) atoms. The zero-order valence-corrected chi connectivity index (χ0v) is 12.6. The van der Waals surface area contributed by atoms with Crippen LogP contribution in [0.4, 0.5) is 5.69 Å². The summed E-state index contributed by atoms with van der Waals surface area (Å²) in [5, 5.41) is 13.9. The lowest BCUT2D eigenvalue weighted by atomic mass is 10.1. The lowest BCUT2D eigenvalue weighted by molar-refractivity contribution is -0.136. The molecule has 110 valence electrons. The summed E-state index contributed by atoms with van der Waals surface area (Å²) in [5.41, 5.74) is 2.25. The molecular formula is C15H16N2O3S. The summed E-state index contributed by atoms with van der Waals surface area (Å²) in [4.78, 5) is 27.1. The molecule has 0 aliphatic rings. The molecule has 0 bridgehead atoms. The monoisotopic (exact) mass is 304 g/mol. The summed E-state index contributed by atoms with van der Waals surface area (Å²) in [6.07, 6.45) is -0.122. The molecule has 2 N–H and O–H groups in total. The predicted molar refractivity (Wildman–Crippen MR) is 81.7 cm³/mol. The molecule has 0 unspecified atom stereocenters. The molecule has 6 heteroatoms. The van der Waals surface area contributed by atoms with Crippen molar-refractivity contribution < 1.29 is 14.7 Å². The van der Waals surface area contributed by atoms with Gasteiger partial charge >= 0.3 is 5.97 Å². The highest BCUT2D eigenvalue weighted by molar-refractivity contribution is 7.09. The van der Waals surface area contributed by atoms with Crippen LogP contribution >= 0.6 is 11.3 Å². The van der Waals surface area contributed by atoms with E-state index in [4.69, 9.17) is 5.11 Å². The molecule has 2 rings (SSSR count). The van der Waals surface area contributed by atoms with Crippen molar-refractivity contribution in [2.75, 3.05) is 5.32 Å². The van der Waals surface area contributed by atoms with E-state index in [1.54, 1.807) is 12.3 Å². The fourth-order valence-corrected chi connectivity index (χ4v) is 2.70. The molecule has 0 aliphatic heterocycles. The number of carbonyl (C=O) groups is 2. The average Bonchev–Trinajstić information content (AvgIpc) is 2.88. The fraction of sp³-hybridized carbons (Fsp3) is 0.267. The molecule has 0 fully saturated rings. The average molecular weight is 304 g/mol. The van der Waals surface area contributed by atoms with Crippen LogP contribution in [0.5, 0.6) is 0 Å². The topological polar surface area (TPSA) is 79.3 Å². The van der Waals surface area contributed by atoms with E-state index in [1.165, 1.54) is 11.3 Å². The first kappa shape index (κ1) is 15.2. The highest BCUT2D eigenvalue weighted by Crippen LogP contribution is 2.23. The van der Waals surface area contributed by atoms with Crippen LogP contribution in [0.25, 0.3) is 0 Å². The van der Waals surface area contributed by atoms with Gasteiger partial charge in [0, 0.05) is 11.1 Å². The lowest BCUT2D eigenvalue weighted by Crippen LogP contribution is -2.19. The molecule has 1 aromatic heterocycles. The number of hydrogen-bond acceptors (Lipinski definition) is 4. The van der Waals surface area contributed by atoms with Crippen molar-refractivity contribution in [3.63, 3.8) is 0 Å². The first-order valence-electron chi connectivity index (χ1n) is 6.50. The molecule has 5 nitrogen and oxygen atoms in total. The molecule has 0 saturated carbocycles. The number of rotatable bonds is 5. The smallest absolute Gasteiger partial charge is 0.309 e. The number of carboxylic acid groups (broad SMARTS) is 1. The summed E-state index contributed by atoms with van der Waals surface area (Å²) in [6, 6.07) is 7.54. The Hall–Kier alpha value is -2.21. The first-order chi connectivity index (χ1) is 9.97. The van der Waals surface area contributed by atoms with E-state index in [1.807, 2.05) is 31.2 Å². The maximum absolute atomic E-state index is 12.2. The number of aryl methyl sites for hydroxylation is 1. The van der Waals surface area contributed by atoms with Crippen molar-refractivity contribution in [2.45, 2.75) is 26.2 Å². The highest BCUT2D eigenvalue weighted by Gasteiger charge is 2.20. The van der Waals surface area contributed by atoms with Gasteiger partial charge in [0.05, 0.1) is 18.0 Å². The van der Waals surface area contributed by atoms with Gasteiger partial charge in [-0.05, 0) is 25.5 Å². The Morgan fingerprint density at radius 2 is 2.10 bits per heavy atom. The van der Waals surface area contributed by atoms with Gasteiger partial charge in [0.15, 0.2) is 0 Å². The molecule has 1 amide bonds. The maximum atomic E-state index is 12.2. The zero-order valence-electron chi connectivity index (χ0n) is 11.8. The molecule has 1 atom stereocenters. The number of nitrogens with one attached hydrogen (secondary N) is 1. The second-order valence-corrected chi connectivity index (χ2v) is 5.66. The third kappa shape index (κ3) is 3.88. The van der Waals surface area contributed by atoms with Crippen molar-refractivity contribution in [3.05, 3.63) is 45.9 Å². The van der Waals surface area contributed by atoms with Crippen molar-refractivity contribution in [2.24, 2.45) is 0 Å². The molecule has 0 radical (unpaired) electrons. The van der Waals surface area contributed by atoms with E-state index in [2.05, 4.69) is 10.3 Å². The molecule has 0 aliphatic carbocycles. The Morgan fingerprint density at radius 3 is 2.76 bits per heavy atom. The zero-order chi connectivity index (χ0) is 15.4. The Labute approximate surface area is 126 Å². The molecule has 0 saturated heterocycles. The van der Waals surface area contributed by atoms with Gasteiger partial charge in [-0.1, -0.05) is 18.2 Å². The maximum Gasteiger partial charge on any atom is 0.309 e. The van der Waals surface area contributed by atoms with Crippen LogP contribution in [-0.4, -0.2) is 22.0 Å². The third-order valence-corrected chi connectivity index (χ3v) is 4.14. The van der Waals surface area contributed by atoms with Gasteiger partial charge in [0.2, 0.25) is 5.91 Å². The van der Waals surface area contributed by atoms with Gasteiger partial charge in [-0.15, -0.1) is 11.3 Å². The van der Waals surface area contributed by atoms with E-state index in [0.29, 0.717) is 10.7 Å². The van der Waals surface area contributed by atoms with Crippen molar-refractivity contribution in [3.8, 4) is 0 Å². The van der Waals surface area contributed by atoms with Crippen molar-refractivity contribution in [1.29, 1.82) is 0 Å². The lowest BCUT2D eigenvalue weighted by Gasteiger charge is -2.11. The van der Waals surface area contributed by atoms with Gasteiger partial charge in [-0.2, -0.15) is 0 Å². The van der Waals surface area contributed by atoms with Gasteiger partial charge in [-0.3, -0.25) is 9.59 Å². The summed E-state index contributed by atoms with van der Waals surface area (Å²) in [6.45, 7) is 3.69. The van der Waals surface area contributed by atoms with Crippen molar-refractivity contribution in [1.82, 2.24) is 4.98 Å². The van der Waals surface area contributed by atoms with E-state index < -0.39 is 11.9 Å². The van der Waals surface area contributed by atoms with Gasteiger partial charge < -0.3 is 10.4 Å². The second kappa shape index (κ2) is 6.49. The number of carbonyl (C=O) groups excluding carboxylic acids is 1. The Bertz CT molecular complexity index is 666. The van der Waals surface area contributed by atoms with E-state index in [0.717, 1.165) is 11.3 Å². The van der Waals surface area contributed by atoms with Crippen LogP contribution < -0.4 is 5.32 Å². The number of benzene rings is 1. The largest absolute Gasteiger partial charge is 0.481 e. The SMILES string of the molecule is Cc1ccccc1NC(=O)[C@H](C)c1nc(CC(=O)O)cs1. The van der Waals surface area contributed by atoms with Crippen molar-refractivity contribution >= 4 is 28.9 Å². The van der Waals surface area contributed by atoms with Gasteiger partial charge in [0.1, 0.15) is 5.01 Å². The van der Waals surface area contributed by atoms with E-state index >= 15 is 0 Å². The number of thiazole rings is 1. The number of aliphatic carboxylic acids is 1. The summed E-state index contributed by atoms with van der Waals surface area (Å²) >= 11 is 1.31. The number of aromatic nitrogens is 1. The molecular weight excluding hydrogens is 288 g/mol. The van der Waals surface area contributed by atoms with Crippen LogP contribution in [0.1, 0.15) is 29.1 Å². The van der Waals surface area contributed by atoms with Crippen LogP contribution in [0.2, 0.25) is 0 Å². The first-order valence-corrected chi connectivity index (χ1v) is 7.38. The molecule has 0 spiro atoms. The molecule has 1 heterocycles. The predicted octanol–water partition coefficient (Wildman–Crippen LogP) is 2.82. The van der Waals surface area contributed by atoms with Crippen LogP contribution in [0.3, 0.4) is 0 Å². The number of amides is 1. The highest BCUT2D eigenvalue weighted by atomic mass is 32.1. The van der Waals surface area contributed by atoms with Crippen LogP contribution in [-0.2, 0) is 16.0 Å². The Balaban J connectivity index is 2.07. The minimum atomic E-state index is -0.927. The normalized spacial score (nSPS) is 11.9. The number of anilines is 1. The minimum Gasteiger partial charge on any atom is -0.481 e. The van der Waals surface area contributed by atoms with Crippen LogP contribution in [0, 0.1) is 6.92 Å². The van der Waals surface area contributed by atoms with E-state index in [-0.39, 0.29) is 12.3 Å². The quantitative estimate of drug-likeness (QED) is 0.890. The molecule has 1 aromatic carbocycles. The second-order valence-electron chi connectivity index (χ2n) is 4.77. The van der Waals surface area contributed by atoms with Gasteiger partial charge in [0.25, 0.3) is 0 Å². The van der Waals surface area contributed by atoms with Crippen LogP contribution in [0.15, 0.2) is 29.6 Å². The summed E-state index contributed by atoms with van der Waals surface area (Å²) in [7, 11) is 0. The summed E-state index contributed by atoms with van der Waals surface area (Å²) < 4.78 is 0. The number of hydrogen-bond donors (Lipinski definition) is 2. The minimum absolute atomic E-state index is 0.122. The molecule has 2 aromatic rings. The number of para-hydroxylation sites is 1. The van der Waals surface area contributed by atoms with E-state index in [9.17, 15) is 9.59 Å². The standard InChI is InChI=1S/C15H16N2O3S/c1-9-5-3-4-6-12(9)17-14(20)10(2)15-16-11(8-21-15)7-13(18)19/h3-6,8,10H,7H2,1-2H3,(H,17,20)(H,18,19)/t10-/m0/s1. The summed E-state index contributed by atoms with van der Waals surface area (Å²) in [5.74, 6) is -1.50.